The van der Waals surface area contributed by atoms with Crippen molar-refractivity contribution in [2.45, 2.75) is 20.3 Å². The molecule has 0 aromatic heterocycles. The van der Waals surface area contributed by atoms with Crippen LogP contribution in [0.3, 0.4) is 0 Å². The van der Waals surface area contributed by atoms with Crippen LogP contribution in [0.4, 0.5) is 5.69 Å². The minimum atomic E-state index is -0.961. The highest BCUT2D eigenvalue weighted by Crippen LogP contribution is 2.14. The first-order valence-electron chi connectivity index (χ1n) is 7.47. The Hall–Kier alpha value is -2.82. The summed E-state index contributed by atoms with van der Waals surface area (Å²) in [6.07, 6.45) is 0.974. The highest BCUT2D eigenvalue weighted by atomic mass is 16.5. The SMILES string of the molecule is CCCOc1ccc(/C(C)=N\Nc2cccc(C(=O)O)c2)cc1. The van der Waals surface area contributed by atoms with Crippen LogP contribution in [0.25, 0.3) is 0 Å². The van der Waals surface area contributed by atoms with Gasteiger partial charge in [-0.3, -0.25) is 5.43 Å². The average molecular weight is 312 g/mol. The highest BCUT2D eigenvalue weighted by Gasteiger charge is 2.03. The Labute approximate surface area is 135 Å². The predicted octanol–water partition coefficient (Wildman–Crippen LogP) is 4.01. The number of hydrazone groups is 1. The molecule has 0 aliphatic carbocycles. The van der Waals surface area contributed by atoms with Crippen LogP contribution in [0.5, 0.6) is 5.75 Å². The van der Waals surface area contributed by atoms with Gasteiger partial charge in [0, 0.05) is 0 Å². The van der Waals surface area contributed by atoms with Crippen molar-refractivity contribution < 1.29 is 14.6 Å². The molecular weight excluding hydrogens is 292 g/mol. The third kappa shape index (κ3) is 4.85. The maximum atomic E-state index is 10.9. The van der Waals surface area contributed by atoms with Crippen molar-refractivity contribution in [3.8, 4) is 5.75 Å². The van der Waals surface area contributed by atoms with E-state index in [0.29, 0.717) is 12.3 Å². The summed E-state index contributed by atoms with van der Waals surface area (Å²) in [6.45, 7) is 4.65. The lowest BCUT2D eigenvalue weighted by atomic mass is 10.1. The van der Waals surface area contributed by atoms with Crippen molar-refractivity contribution in [2.24, 2.45) is 5.10 Å². The normalized spacial score (nSPS) is 11.1. The molecule has 0 spiro atoms. The molecule has 5 heteroatoms. The maximum Gasteiger partial charge on any atom is 0.335 e. The summed E-state index contributed by atoms with van der Waals surface area (Å²) in [5, 5.41) is 13.3. The summed E-state index contributed by atoms with van der Waals surface area (Å²) in [6, 6.07) is 14.2. The molecule has 0 unspecified atom stereocenters. The number of rotatable bonds is 7. The summed E-state index contributed by atoms with van der Waals surface area (Å²) in [7, 11) is 0. The summed E-state index contributed by atoms with van der Waals surface area (Å²) >= 11 is 0. The van der Waals surface area contributed by atoms with Crippen molar-refractivity contribution in [1.82, 2.24) is 0 Å². The van der Waals surface area contributed by atoms with Crippen LogP contribution in [0, 0.1) is 0 Å². The molecule has 0 saturated carbocycles. The smallest absolute Gasteiger partial charge is 0.335 e. The molecule has 0 fully saturated rings. The van der Waals surface area contributed by atoms with Gasteiger partial charge in [0.2, 0.25) is 0 Å². The first-order chi connectivity index (χ1) is 11.1. The van der Waals surface area contributed by atoms with E-state index >= 15 is 0 Å². The van der Waals surface area contributed by atoms with Gasteiger partial charge in [-0.2, -0.15) is 5.10 Å². The highest BCUT2D eigenvalue weighted by molar-refractivity contribution is 5.99. The van der Waals surface area contributed by atoms with E-state index in [4.69, 9.17) is 9.84 Å². The maximum absolute atomic E-state index is 10.9. The van der Waals surface area contributed by atoms with E-state index in [1.165, 1.54) is 0 Å². The van der Waals surface area contributed by atoms with E-state index in [9.17, 15) is 4.79 Å². The van der Waals surface area contributed by atoms with Gasteiger partial charge < -0.3 is 9.84 Å². The molecule has 0 amide bonds. The van der Waals surface area contributed by atoms with Gasteiger partial charge in [-0.15, -0.1) is 0 Å². The largest absolute Gasteiger partial charge is 0.494 e. The third-order valence-corrected chi connectivity index (χ3v) is 3.21. The number of hydrogen-bond donors (Lipinski definition) is 2. The second-order valence-corrected chi connectivity index (χ2v) is 5.07. The van der Waals surface area contributed by atoms with Gasteiger partial charge in [0.25, 0.3) is 0 Å². The Kier molecular flexibility index (Phi) is 5.74. The van der Waals surface area contributed by atoms with Crippen LogP contribution >= 0.6 is 0 Å². The first kappa shape index (κ1) is 16.5. The van der Waals surface area contributed by atoms with Gasteiger partial charge in [0.15, 0.2) is 0 Å². The van der Waals surface area contributed by atoms with Crippen molar-refractivity contribution in [3.05, 3.63) is 59.7 Å². The van der Waals surface area contributed by atoms with Gasteiger partial charge >= 0.3 is 5.97 Å². The number of ether oxygens (including phenoxy) is 1. The lowest BCUT2D eigenvalue weighted by Gasteiger charge is -2.07. The number of anilines is 1. The Morgan fingerprint density at radius 1 is 1.17 bits per heavy atom. The molecule has 2 aromatic rings. The molecule has 120 valence electrons. The Morgan fingerprint density at radius 3 is 2.57 bits per heavy atom. The molecule has 0 saturated heterocycles. The van der Waals surface area contributed by atoms with Gasteiger partial charge in [0.1, 0.15) is 5.75 Å². The topological polar surface area (TPSA) is 70.9 Å². The number of aromatic carboxylic acids is 1. The number of hydrogen-bond acceptors (Lipinski definition) is 4. The predicted molar refractivity (Wildman–Crippen MR) is 91.5 cm³/mol. The van der Waals surface area contributed by atoms with Crippen LogP contribution in [0.1, 0.15) is 36.2 Å². The van der Waals surface area contributed by atoms with Crippen LogP contribution in [-0.2, 0) is 0 Å². The Morgan fingerprint density at radius 2 is 1.91 bits per heavy atom. The molecule has 0 bridgehead atoms. The third-order valence-electron chi connectivity index (χ3n) is 3.21. The number of benzene rings is 2. The van der Waals surface area contributed by atoms with Crippen molar-refractivity contribution in [1.29, 1.82) is 0 Å². The van der Waals surface area contributed by atoms with Crippen LogP contribution in [-0.4, -0.2) is 23.4 Å². The molecule has 23 heavy (non-hydrogen) atoms. The molecule has 2 rings (SSSR count). The Bertz CT molecular complexity index is 694. The fourth-order valence-electron chi connectivity index (χ4n) is 1.95. The quantitative estimate of drug-likeness (QED) is 0.598. The van der Waals surface area contributed by atoms with E-state index < -0.39 is 5.97 Å². The number of carboxylic acids is 1. The molecule has 0 heterocycles. The zero-order valence-corrected chi connectivity index (χ0v) is 13.2. The number of carbonyl (C=O) groups is 1. The molecule has 5 nitrogen and oxygen atoms in total. The van der Waals surface area contributed by atoms with E-state index in [1.807, 2.05) is 31.2 Å². The fourth-order valence-corrected chi connectivity index (χ4v) is 1.95. The monoisotopic (exact) mass is 312 g/mol. The number of carboxylic acid groups (broad SMARTS) is 1. The zero-order chi connectivity index (χ0) is 16.7. The van der Waals surface area contributed by atoms with Crippen LogP contribution in [0.2, 0.25) is 0 Å². The standard InChI is InChI=1S/C18H20N2O3/c1-3-11-23-17-9-7-14(8-10-17)13(2)19-20-16-6-4-5-15(12-16)18(21)22/h4-10,12,20H,3,11H2,1-2H3,(H,21,22)/b19-13-. The fraction of sp³-hybridized carbons (Fsp3) is 0.222. The summed E-state index contributed by atoms with van der Waals surface area (Å²) in [5.74, 6) is -0.123. The van der Waals surface area contributed by atoms with E-state index in [-0.39, 0.29) is 5.56 Å². The van der Waals surface area contributed by atoms with Crippen molar-refractivity contribution in [2.75, 3.05) is 12.0 Å². The lowest BCUT2D eigenvalue weighted by Crippen LogP contribution is -2.02. The van der Waals surface area contributed by atoms with Crippen LogP contribution < -0.4 is 10.2 Å². The molecule has 2 N–H and O–H groups in total. The average Bonchev–Trinajstić information content (AvgIpc) is 2.58. The van der Waals surface area contributed by atoms with Gasteiger partial charge in [0.05, 0.1) is 23.6 Å². The number of nitrogens with one attached hydrogen (secondary N) is 1. The molecule has 2 aromatic carbocycles. The molecule has 0 aliphatic heterocycles. The minimum Gasteiger partial charge on any atom is -0.494 e. The molecule has 0 aliphatic rings. The molecule has 0 radical (unpaired) electrons. The lowest BCUT2D eigenvalue weighted by molar-refractivity contribution is 0.0697. The number of nitrogens with zero attached hydrogens (tertiary/aromatic N) is 1. The van der Waals surface area contributed by atoms with E-state index in [1.54, 1.807) is 24.3 Å². The molecule has 0 atom stereocenters. The van der Waals surface area contributed by atoms with E-state index in [0.717, 1.165) is 23.4 Å². The second-order valence-electron chi connectivity index (χ2n) is 5.07. The minimum absolute atomic E-state index is 0.222. The summed E-state index contributed by atoms with van der Waals surface area (Å²) < 4.78 is 5.54. The Balaban J connectivity index is 2.04. The van der Waals surface area contributed by atoms with Crippen molar-refractivity contribution >= 4 is 17.4 Å². The van der Waals surface area contributed by atoms with Crippen molar-refractivity contribution in [3.63, 3.8) is 0 Å². The molecular formula is C18H20N2O3. The van der Waals surface area contributed by atoms with Gasteiger partial charge in [-0.25, -0.2) is 4.79 Å². The summed E-state index contributed by atoms with van der Waals surface area (Å²) in [4.78, 5) is 10.9. The van der Waals surface area contributed by atoms with Gasteiger partial charge in [-0.1, -0.05) is 13.0 Å². The van der Waals surface area contributed by atoms with E-state index in [2.05, 4.69) is 17.5 Å². The second kappa shape index (κ2) is 7.98. The zero-order valence-electron chi connectivity index (χ0n) is 13.2. The van der Waals surface area contributed by atoms with Gasteiger partial charge in [-0.05, 0) is 61.4 Å². The summed E-state index contributed by atoms with van der Waals surface area (Å²) in [5.41, 5.74) is 5.50. The first-order valence-corrected chi connectivity index (χ1v) is 7.47. The van der Waals surface area contributed by atoms with Crippen LogP contribution in [0.15, 0.2) is 53.6 Å².